The van der Waals surface area contributed by atoms with Crippen LogP contribution in [-0.4, -0.2) is 22.2 Å². The van der Waals surface area contributed by atoms with Crippen molar-refractivity contribution >= 4 is 11.9 Å². The highest BCUT2D eigenvalue weighted by Crippen LogP contribution is 2.05. The second-order valence-corrected chi connectivity index (χ2v) is 3.04. The molecule has 0 bridgehead atoms. The highest BCUT2D eigenvalue weighted by atomic mass is 16.4. The summed E-state index contributed by atoms with van der Waals surface area (Å²) < 4.78 is 0. The molecule has 0 aromatic heterocycles. The summed E-state index contributed by atoms with van der Waals surface area (Å²) in [7, 11) is 0. The maximum Gasteiger partial charge on any atom is 0.303 e. The lowest BCUT2D eigenvalue weighted by molar-refractivity contribution is -0.138. The molecule has 1 rings (SSSR count). The molecule has 0 amide bonds. The Labute approximate surface area is 83.2 Å². The van der Waals surface area contributed by atoms with E-state index in [1.54, 1.807) is 0 Å². The van der Waals surface area contributed by atoms with E-state index in [4.69, 9.17) is 10.2 Å². The average molecular weight is 200 g/mol. The number of carboxylic acid groups (broad SMARTS) is 2. The third-order valence-electron chi connectivity index (χ3n) is 1.69. The number of hydrogen-bond donors (Lipinski definition) is 2. The summed E-state index contributed by atoms with van der Waals surface area (Å²) in [5.41, 5.74) is 0. The normalized spacial score (nSPS) is 13.1. The molecule has 4 nitrogen and oxygen atoms in total. The maximum absolute atomic E-state index is 9.79. The van der Waals surface area contributed by atoms with Crippen LogP contribution in [0.15, 0.2) is 12.2 Å². The molecule has 0 atom stereocenters. The predicted molar refractivity (Wildman–Crippen MR) is 52.1 cm³/mol. The average Bonchev–Trinajstić information content (AvgIpc) is 2.58. The summed E-state index contributed by atoms with van der Waals surface area (Å²) in [6.45, 7) is 0. The first-order valence-electron chi connectivity index (χ1n) is 4.71. The van der Waals surface area contributed by atoms with Crippen LogP contribution in [0.5, 0.6) is 0 Å². The quantitative estimate of drug-likeness (QED) is 0.681. The first kappa shape index (κ1) is 12.7. The minimum absolute atomic E-state index is 0.0632. The van der Waals surface area contributed by atoms with Crippen LogP contribution in [0.2, 0.25) is 0 Å². The number of carbonyl (C=O) groups is 2. The lowest BCUT2D eigenvalue weighted by atomic mass is 10.2. The first-order valence-corrected chi connectivity index (χ1v) is 4.71. The van der Waals surface area contributed by atoms with E-state index in [-0.39, 0.29) is 19.3 Å². The minimum atomic E-state index is -0.948. The summed E-state index contributed by atoms with van der Waals surface area (Å²) in [5, 5.41) is 16.1. The molecule has 4 heteroatoms. The SMILES string of the molecule is C1=CCCC1.O=C(O)CCCC(=O)O. The summed E-state index contributed by atoms with van der Waals surface area (Å²) in [4.78, 5) is 19.6. The van der Waals surface area contributed by atoms with Crippen LogP contribution in [0.4, 0.5) is 0 Å². The number of allylic oxidation sites excluding steroid dienone is 2. The van der Waals surface area contributed by atoms with Gasteiger partial charge < -0.3 is 10.2 Å². The second-order valence-electron chi connectivity index (χ2n) is 3.04. The van der Waals surface area contributed by atoms with Crippen LogP contribution in [0, 0.1) is 0 Å². The fourth-order valence-electron chi connectivity index (χ4n) is 0.980. The van der Waals surface area contributed by atoms with Crippen molar-refractivity contribution in [2.75, 3.05) is 0 Å². The molecule has 1 aliphatic carbocycles. The summed E-state index contributed by atoms with van der Waals surface area (Å²) >= 11 is 0. The van der Waals surface area contributed by atoms with Crippen LogP contribution >= 0.6 is 0 Å². The molecule has 0 heterocycles. The number of carboxylic acids is 2. The summed E-state index contributed by atoms with van der Waals surface area (Å²) in [6.07, 6.45) is 8.59. The Kier molecular flexibility index (Phi) is 7.50. The maximum atomic E-state index is 9.79. The molecule has 0 fully saturated rings. The van der Waals surface area contributed by atoms with Crippen molar-refractivity contribution in [3.63, 3.8) is 0 Å². The molecule has 0 radical (unpaired) electrons. The van der Waals surface area contributed by atoms with Gasteiger partial charge in [-0.3, -0.25) is 9.59 Å². The van der Waals surface area contributed by atoms with Crippen LogP contribution in [0.1, 0.15) is 38.5 Å². The predicted octanol–water partition coefficient (Wildman–Crippen LogP) is 2.05. The number of hydrogen-bond acceptors (Lipinski definition) is 2. The molecule has 0 aliphatic heterocycles. The van der Waals surface area contributed by atoms with E-state index in [9.17, 15) is 9.59 Å². The third kappa shape index (κ3) is 10.7. The monoisotopic (exact) mass is 200 g/mol. The van der Waals surface area contributed by atoms with Crippen molar-refractivity contribution in [3.05, 3.63) is 12.2 Å². The highest BCUT2D eigenvalue weighted by molar-refractivity contribution is 5.69. The Hall–Kier alpha value is -1.32. The van der Waals surface area contributed by atoms with Crippen LogP contribution < -0.4 is 0 Å². The van der Waals surface area contributed by atoms with Gasteiger partial charge in [0.2, 0.25) is 0 Å². The molecule has 0 aromatic rings. The van der Waals surface area contributed by atoms with Gasteiger partial charge in [0.25, 0.3) is 0 Å². The Morgan fingerprint density at radius 2 is 1.43 bits per heavy atom. The number of aliphatic carboxylic acids is 2. The largest absolute Gasteiger partial charge is 0.481 e. The fourth-order valence-corrected chi connectivity index (χ4v) is 0.980. The van der Waals surface area contributed by atoms with E-state index >= 15 is 0 Å². The van der Waals surface area contributed by atoms with Crippen molar-refractivity contribution in [2.45, 2.75) is 38.5 Å². The summed E-state index contributed by atoms with van der Waals surface area (Å²) in [5.74, 6) is -1.90. The lowest BCUT2D eigenvalue weighted by Gasteiger charge is -1.89. The Morgan fingerprint density at radius 1 is 1.00 bits per heavy atom. The van der Waals surface area contributed by atoms with Crippen molar-refractivity contribution in [3.8, 4) is 0 Å². The van der Waals surface area contributed by atoms with Crippen molar-refractivity contribution in [2.24, 2.45) is 0 Å². The van der Waals surface area contributed by atoms with E-state index in [0.717, 1.165) is 0 Å². The molecule has 80 valence electrons. The summed E-state index contributed by atoms with van der Waals surface area (Å²) in [6, 6.07) is 0. The molecule has 14 heavy (non-hydrogen) atoms. The van der Waals surface area contributed by atoms with Gasteiger partial charge in [0.15, 0.2) is 0 Å². The smallest absolute Gasteiger partial charge is 0.303 e. The van der Waals surface area contributed by atoms with Crippen LogP contribution in [0.25, 0.3) is 0 Å². The highest BCUT2D eigenvalue weighted by Gasteiger charge is 1.99. The molecule has 0 unspecified atom stereocenters. The van der Waals surface area contributed by atoms with Gasteiger partial charge in [-0.15, -0.1) is 0 Å². The Balaban J connectivity index is 0.000000280. The van der Waals surface area contributed by atoms with Crippen LogP contribution in [-0.2, 0) is 9.59 Å². The first-order chi connectivity index (χ1) is 6.63. The van der Waals surface area contributed by atoms with Crippen LogP contribution in [0.3, 0.4) is 0 Å². The Morgan fingerprint density at radius 3 is 1.64 bits per heavy atom. The molecule has 0 saturated heterocycles. The fraction of sp³-hybridized carbons (Fsp3) is 0.600. The molecule has 0 saturated carbocycles. The van der Waals surface area contributed by atoms with Gasteiger partial charge in [-0.05, 0) is 25.7 Å². The zero-order valence-corrected chi connectivity index (χ0v) is 8.11. The number of rotatable bonds is 4. The van der Waals surface area contributed by atoms with E-state index in [1.165, 1.54) is 19.3 Å². The zero-order chi connectivity index (χ0) is 10.8. The van der Waals surface area contributed by atoms with Gasteiger partial charge in [0.05, 0.1) is 0 Å². The molecule has 0 aromatic carbocycles. The third-order valence-corrected chi connectivity index (χ3v) is 1.69. The van der Waals surface area contributed by atoms with Gasteiger partial charge in [-0.1, -0.05) is 12.2 Å². The van der Waals surface area contributed by atoms with Crippen molar-refractivity contribution in [1.82, 2.24) is 0 Å². The van der Waals surface area contributed by atoms with Crippen molar-refractivity contribution in [1.29, 1.82) is 0 Å². The topological polar surface area (TPSA) is 74.6 Å². The molecule has 0 spiro atoms. The molecule has 1 aliphatic rings. The second kappa shape index (κ2) is 8.29. The lowest BCUT2D eigenvalue weighted by Crippen LogP contribution is -1.98. The standard InChI is InChI=1S/C5H8O4.C5H8/c6-4(7)2-1-3-5(8)9;1-2-4-5-3-1/h1-3H2,(H,6,7)(H,8,9);1-2H,3-5H2. The molecular weight excluding hydrogens is 184 g/mol. The van der Waals surface area contributed by atoms with Crippen molar-refractivity contribution < 1.29 is 19.8 Å². The van der Waals surface area contributed by atoms with E-state index in [2.05, 4.69) is 12.2 Å². The zero-order valence-electron chi connectivity index (χ0n) is 8.11. The minimum Gasteiger partial charge on any atom is -0.481 e. The Bertz CT molecular complexity index is 188. The van der Waals surface area contributed by atoms with Gasteiger partial charge in [0, 0.05) is 12.8 Å². The molecular formula is C10H16O4. The molecule has 2 N–H and O–H groups in total. The van der Waals surface area contributed by atoms with E-state index < -0.39 is 11.9 Å². The van der Waals surface area contributed by atoms with Gasteiger partial charge >= 0.3 is 11.9 Å². The van der Waals surface area contributed by atoms with Gasteiger partial charge in [-0.25, -0.2) is 0 Å². The van der Waals surface area contributed by atoms with E-state index in [0.29, 0.717) is 0 Å². The van der Waals surface area contributed by atoms with Gasteiger partial charge in [0.1, 0.15) is 0 Å². The van der Waals surface area contributed by atoms with E-state index in [1.807, 2.05) is 0 Å². The van der Waals surface area contributed by atoms with Gasteiger partial charge in [-0.2, -0.15) is 0 Å².